The molecule has 0 aliphatic heterocycles. The zero-order chi connectivity index (χ0) is 15.5. The molecular weight excluding hydrogens is 358 g/mol. The Morgan fingerprint density at radius 2 is 2.00 bits per heavy atom. The number of aliphatic hydroxyl groups is 1. The highest BCUT2D eigenvalue weighted by Crippen LogP contribution is 2.27. The molecule has 0 heterocycles. The summed E-state index contributed by atoms with van der Waals surface area (Å²) >= 11 is 3.28. The Morgan fingerprint density at radius 1 is 1.24 bits per heavy atom. The summed E-state index contributed by atoms with van der Waals surface area (Å²) in [4.78, 5) is -0.0171. The zero-order valence-corrected chi connectivity index (χ0v) is 13.6. The molecule has 0 unspecified atom stereocenters. The first-order valence-electron chi connectivity index (χ1n) is 6.02. The molecule has 0 atom stereocenters. The quantitative estimate of drug-likeness (QED) is 0.846. The van der Waals surface area contributed by atoms with Gasteiger partial charge in [-0.1, -0.05) is 28.1 Å². The lowest BCUT2D eigenvalue weighted by Crippen LogP contribution is -2.14. The Bertz CT molecular complexity index is 746. The van der Waals surface area contributed by atoms with Crippen LogP contribution in [0.25, 0.3) is 0 Å². The lowest BCUT2D eigenvalue weighted by atomic mass is 10.2. The number of hydrogen-bond donors (Lipinski definition) is 2. The Kier molecular flexibility index (Phi) is 4.87. The third-order valence-electron chi connectivity index (χ3n) is 2.78. The Labute approximate surface area is 131 Å². The molecule has 0 bridgehead atoms. The van der Waals surface area contributed by atoms with E-state index in [2.05, 4.69) is 20.7 Å². The number of anilines is 1. The average molecular weight is 372 g/mol. The van der Waals surface area contributed by atoms with Crippen LogP contribution in [0.15, 0.2) is 51.8 Å². The van der Waals surface area contributed by atoms with Crippen molar-refractivity contribution in [3.63, 3.8) is 0 Å². The van der Waals surface area contributed by atoms with Crippen molar-refractivity contribution in [2.45, 2.75) is 11.5 Å². The van der Waals surface area contributed by atoms with Gasteiger partial charge in [0.05, 0.1) is 13.7 Å². The number of methoxy groups -OCH3 is 1. The molecule has 0 fully saturated rings. The molecule has 0 aliphatic carbocycles. The molecule has 2 aromatic rings. The van der Waals surface area contributed by atoms with E-state index in [9.17, 15) is 8.42 Å². The second-order valence-electron chi connectivity index (χ2n) is 4.26. The molecule has 0 aromatic heterocycles. The third-order valence-corrected chi connectivity index (χ3v) is 4.67. The van der Waals surface area contributed by atoms with E-state index in [1.165, 1.54) is 19.2 Å². The Morgan fingerprint density at radius 3 is 2.62 bits per heavy atom. The van der Waals surface area contributed by atoms with Crippen LogP contribution in [0.4, 0.5) is 5.69 Å². The van der Waals surface area contributed by atoms with E-state index in [0.717, 1.165) is 4.47 Å². The van der Waals surface area contributed by atoms with Crippen molar-refractivity contribution < 1.29 is 18.3 Å². The highest BCUT2D eigenvalue weighted by atomic mass is 79.9. The third kappa shape index (κ3) is 3.75. The molecule has 0 saturated heterocycles. The van der Waals surface area contributed by atoms with Crippen molar-refractivity contribution in [1.29, 1.82) is 0 Å². The monoisotopic (exact) mass is 371 g/mol. The summed E-state index contributed by atoms with van der Waals surface area (Å²) < 4.78 is 33.3. The maximum Gasteiger partial charge on any atom is 0.265 e. The van der Waals surface area contributed by atoms with Crippen molar-refractivity contribution in [1.82, 2.24) is 0 Å². The van der Waals surface area contributed by atoms with Crippen LogP contribution < -0.4 is 9.46 Å². The van der Waals surface area contributed by atoms with Gasteiger partial charge in [-0.05, 0) is 35.9 Å². The topological polar surface area (TPSA) is 75.6 Å². The van der Waals surface area contributed by atoms with Gasteiger partial charge in [0.1, 0.15) is 10.6 Å². The number of halogens is 1. The predicted molar refractivity (Wildman–Crippen MR) is 83.9 cm³/mol. The smallest absolute Gasteiger partial charge is 0.265 e. The van der Waals surface area contributed by atoms with Crippen LogP contribution in [0, 0.1) is 0 Å². The van der Waals surface area contributed by atoms with Crippen molar-refractivity contribution in [2.75, 3.05) is 11.8 Å². The lowest BCUT2D eigenvalue weighted by Gasteiger charge is -2.12. The molecule has 0 amide bonds. The van der Waals surface area contributed by atoms with Crippen LogP contribution in [0.2, 0.25) is 0 Å². The molecular formula is C14H14BrNO4S. The fourth-order valence-electron chi connectivity index (χ4n) is 1.79. The first-order chi connectivity index (χ1) is 9.96. The molecule has 2 aromatic carbocycles. The first-order valence-corrected chi connectivity index (χ1v) is 8.30. The van der Waals surface area contributed by atoms with Crippen LogP contribution in [0.5, 0.6) is 5.75 Å². The van der Waals surface area contributed by atoms with Crippen molar-refractivity contribution in [3.05, 3.63) is 52.5 Å². The minimum atomic E-state index is -3.81. The molecule has 7 heteroatoms. The Balaban J connectivity index is 2.43. The summed E-state index contributed by atoms with van der Waals surface area (Å²) in [5, 5.41) is 9.16. The van der Waals surface area contributed by atoms with Crippen molar-refractivity contribution in [3.8, 4) is 5.75 Å². The molecule has 0 aliphatic rings. The maximum absolute atomic E-state index is 12.5. The summed E-state index contributed by atoms with van der Waals surface area (Å²) in [6.07, 6.45) is 0. The fraction of sp³-hybridized carbons (Fsp3) is 0.143. The van der Waals surface area contributed by atoms with Gasteiger partial charge in [0, 0.05) is 10.2 Å². The van der Waals surface area contributed by atoms with Crippen LogP contribution >= 0.6 is 15.9 Å². The summed E-state index contributed by atoms with van der Waals surface area (Å²) in [5.74, 6) is 0.217. The lowest BCUT2D eigenvalue weighted by molar-refractivity contribution is 0.281. The van der Waals surface area contributed by atoms with Gasteiger partial charge in [-0.2, -0.15) is 0 Å². The van der Waals surface area contributed by atoms with E-state index in [-0.39, 0.29) is 17.3 Å². The number of benzene rings is 2. The number of sulfonamides is 1. The van der Waals surface area contributed by atoms with E-state index in [0.29, 0.717) is 11.3 Å². The van der Waals surface area contributed by atoms with Crippen molar-refractivity contribution in [2.24, 2.45) is 0 Å². The summed E-state index contributed by atoms with van der Waals surface area (Å²) in [6.45, 7) is -0.247. The average Bonchev–Trinajstić information content (AvgIpc) is 2.46. The summed E-state index contributed by atoms with van der Waals surface area (Å²) in [7, 11) is -2.42. The van der Waals surface area contributed by atoms with Gasteiger partial charge >= 0.3 is 0 Å². The highest BCUT2D eigenvalue weighted by Gasteiger charge is 2.20. The highest BCUT2D eigenvalue weighted by molar-refractivity contribution is 9.10. The number of nitrogens with one attached hydrogen (secondary N) is 1. The maximum atomic E-state index is 12.5. The fourth-order valence-corrected chi connectivity index (χ4v) is 3.46. The van der Waals surface area contributed by atoms with E-state index in [4.69, 9.17) is 9.84 Å². The number of aliphatic hydroxyl groups excluding tert-OH is 1. The SMILES string of the molecule is COc1ccc(CO)cc1S(=O)(=O)Nc1cccc(Br)c1. The predicted octanol–water partition coefficient (Wildman–Crippen LogP) is 2.75. The minimum Gasteiger partial charge on any atom is -0.495 e. The molecule has 112 valence electrons. The molecule has 21 heavy (non-hydrogen) atoms. The van der Waals surface area contributed by atoms with E-state index >= 15 is 0 Å². The standard InChI is InChI=1S/C14H14BrNO4S/c1-20-13-6-5-10(9-17)7-14(13)21(18,19)16-12-4-2-3-11(15)8-12/h2-8,16-17H,9H2,1H3. The first kappa shape index (κ1) is 15.8. The van der Waals surface area contributed by atoms with E-state index in [1.807, 2.05) is 0 Å². The number of hydrogen-bond acceptors (Lipinski definition) is 4. The number of rotatable bonds is 5. The minimum absolute atomic E-state index is 0.0171. The van der Waals surface area contributed by atoms with Crippen LogP contribution in [-0.2, 0) is 16.6 Å². The summed E-state index contributed by atoms with van der Waals surface area (Å²) in [5.41, 5.74) is 0.922. The second kappa shape index (κ2) is 6.46. The largest absolute Gasteiger partial charge is 0.495 e. The zero-order valence-electron chi connectivity index (χ0n) is 11.2. The van der Waals surface area contributed by atoms with Crippen LogP contribution in [0.1, 0.15) is 5.56 Å². The number of ether oxygens (including phenoxy) is 1. The second-order valence-corrected chi connectivity index (χ2v) is 6.83. The van der Waals surface area contributed by atoms with Gasteiger partial charge in [-0.15, -0.1) is 0 Å². The Hall–Kier alpha value is -1.57. The van der Waals surface area contributed by atoms with Gasteiger partial charge in [-0.3, -0.25) is 4.72 Å². The molecule has 0 spiro atoms. The normalized spacial score (nSPS) is 11.2. The molecule has 0 saturated carbocycles. The van der Waals surface area contributed by atoms with Gasteiger partial charge in [0.15, 0.2) is 0 Å². The van der Waals surface area contributed by atoms with Gasteiger partial charge < -0.3 is 9.84 Å². The molecule has 0 radical (unpaired) electrons. The van der Waals surface area contributed by atoms with Crippen molar-refractivity contribution >= 4 is 31.6 Å². The summed E-state index contributed by atoms with van der Waals surface area (Å²) in [6, 6.07) is 11.3. The van der Waals surface area contributed by atoms with Gasteiger partial charge in [-0.25, -0.2) is 8.42 Å². The molecule has 2 rings (SSSR count). The molecule has 2 N–H and O–H groups in total. The van der Waals surface area contributed by atoms with Crippen LogP contribution in [0.3, 0.4) is 0 Å². The van der Waals surface area contributed by atoms with E-state index in [1.54, 1.807) is 30.3 Å². The van der Waals surface area contributed by atoms with E-state index < -0.39 is 10.0 Å². The van der Waals surface area contributed by atoms with Gasteiger partial charge in [0.25, 0.3) is 10.0 Å². The van der Waals surface area contributed by atoms with Crippen LogP contribution in [-0.4, -0.2) is 20.6 Å². The van der Waals surface area contributed by atoms with Gasteiger partial charge in [0.2, 0.25) is 0 Å². The molecule has 5 nitrogen and oxygen atoms in total.